The summed E-state index contributed by atoms with van der Waals surface area (Å²) in [5, 5.41) is 3.66. The van der Waals surface area contributed by atoms with E-state index in [0.717, 1.165) is 38.0 Å². The van der Waals surface area contributed by atoms with Gasteiger partial charge in [-0.2, -0.15) is 0 Å². The first kappa shape index (κ1) is 15.9. The molecule has 2 rings (SSSR count). The van der Waals surface area contributed by atoms with E-state index >= 15 is 0 Å². The second kappa shape index (κ2) is 6.54. The number of benzene rings is 1. The SMILES string of the molecule is CCC1CNC(C)(CC)CN1Cc1cccc(F)c1Br. The zero-order valence-corrected chi connectivity index (χ0v) is 14.1. The number of nitrogens with zero attached hydrogens (tertiary/aromatic N) is 1. The molecule has 1 aliphatic heterocycles. The van der Waals surface area contributed by atoms with Gasteiger partial charge in [-0.1, -0.05) is 26.0 Å². The Hall–Kier alpha value is -0.450. The van der Waals surface area contributed by atoms with Crippen LogP contribution in [0.3, 0.4) is 0 Å². The minimum absolute atomic E-state index is 0.158. The van der Waals surface area contributed by atoms with E-state index in [1.165, 1.54) is 6.07 Å². The Morgan fingerprint density at radius 2 is 2.20 bits per heavy atom. The fraction of sp³-hybridized carbons (Fsp3) is 0.625. The van der Waals surface area contributed by atoms with Gasteiger partial charge in [0.15, 0.2) is 0 Å². The maximum atomic E-state index is 13.7. The summed E-state index contributed by atoms with van der Waals surface area (Å²) < 4.78 is 14.3. The summed E-state index contributed by atoms with van der Waals surface area (Å²) in [4.78, 5) is 2.49. The van der Waals surface area contributed by atoms with E-state index < -0.39 is 0 Å². The van der Waals surface area contributed by atoms with Crippen LogP contribution < -0.4 is 5.32 Å². The Kier molecular flexibility index (Phi) is 5.21. The summed E-state index contributed by atoms with van der Waals surface area (Å²) >= 11 is 3.38. The molecule has 1 aromatic rings. The minimum Gasteiger partial charge on any atom is -0.309 e. The second-order valence-electron chi connectivity index (χ2n) is 5.98. The van der Waals surface area contributed by atoms with Crippen molar-refractivity contribution in [3.8, 4) is 0 Å². The number of nitrogens with one attached hydrogen (secondary N) is 1. The van der Waals surface area contributed by atoms with Crippen LogP contribution in [-0.4, -0.2) is 29.6 Å². The predicted octanol–water partition coefficient (Wildman–Crippen LogP) is 3.94. The highest BCUT2D eigenvalue weighted by Gasteiger charge is 2.33. The van der Waals surface area contributed by atoms with Crippen molar-refractivity contribution >= 4 is 15.9 Å². The third-order valence-corrected chi connectivity index (χ3v) is 5.38. The van der Waals surface area contributed by atoms with Gasteiger partial charge in [0.1, 0.15) is 5.82 Å². The van der Waals surface area contributed by atoms with Crippen molar-refractivity contribution in [2.75, 3.05) is 13.1 Å². The maximum absolute atomic E-state index is 13.7. The number of piperazine rings is 1. The first-order valence-electron chi connectivity index (χ1n) is 7.41. The van der Waals surface area contributed by atoms with E-state index in [4.69, 9.17) is 0 Å². The molecule has 0 saturated carbocycles. The lowest BCUT2D eigenvalue weighted by atomic mass is 9.92. The van der Waals surface area contributed by atoms with E-state index in [9.17, 15) is 4.39 Å². The van der Waals surface area contributed by atoms with Crippen molar-refractivity contribution in [2.45, 2.75) is 51.7 Å². The molecule has 0 aromatic heterocycles. The van der Waals surface area contributed by atoms with E-state index in [0.29, 0.717) is 10.5 Å². The van der Waals surface area contributed by atoms with Gasteiger partial charge in [-0.15, -0.1) is 0 Å². The van der Waals surface area contributed by atoms with E-state index in [1.807, 2.05) is 6.07 Å². The molecule has 1 fully saturated rings. The molecule has 1 saturated heterocycles. The Morgan fingerprint density at radius 3 is 2.85 bits per heavy atom. The minimum atomic E-state index is -0.177. The fourth-order valence-electron chi connectivity index (χ4n) is 2.84. The molecule has 2 unspecified atom stereocenters. The van der Waals surface area contributed by atoms with Crippen LogP contribution in [0, 0.1) is 5.82 Å². The lowest BCUT2D eigenvalue weighted by Gasteiger charge is -2.46. The first-order chi connectivity index (χ1) is 9.49. The van der Waals surface area contributed by atoms with Gasteiger partial charge < -0.3 is 5.32 Å². The van der Waals surface area contributed by atoms with Crippen molar-refractivity contribution in [1.29, 1.82) is 0 Å². The summed E-state index contributed by atoms with van der Waals surface area (Å²) in [6.07, 6.45) is 2.21. The van der Waals surface area contributed by atoms with Gasteiger partial charge in [-0.3, -0.25) is 4.90 Å². The third kappa shape index (κ3) is 3.41. The molecule has 0 amide bonds. The van der Waals surface area contributed by atoms with Crippen molar-refractivity contribution in [1.82, 2.24) is 10.2 Å². The third-order valence-electron chi connectivity index (χ3n) is 4.49. The largest absolute Gasteiger partial charge is 0.309 e. The Bertz CT molecular complexity index is 466. The molecule has 0 spiro atoms. The molecule has 4 heteroatoms. The van der Waals surface area contributed by atoms with Crippen molar-refractivity contribution in [2.24, 2.45) is 0 Å². The highest BCUT2D eigenvalue weighted by Crippen LogP contribution is 2.26. The highest BCUT2D eigenvalue weighted by atomic mass is 79.9. The van der Waals surface area contributed by atoms with Gasteiger partial charge in [-0.25, -0.2) is 4.39 Å². The molecule has 0 aliphatic carbocycles. The van der Waals surface area contributed by atoms with E-state index in [2.05, 4.69) is 46.9 Å². The van der Waals surface area contributed by atoms with Crippen LogP contribution in [0.1, 0.15) is 39.2 Å². The van der Waals surface area contributed by atoms with Crippen LogP contribution in [0.2, 0.25) is 0 Å². The van der Waals surface area contributed by atoms with Crippen LogP contribution >= 0.6 is 15.9 Å². The van der Waals surface area contributed by atoms with Gasteiger partial charge in [0.2, 0.25) is 0 Å². The van der Waals surface area contributed by atoms with E-state index in [-0.39, 0.29) is 11.4 Å². The van der Waals surface area contributed by atoms with Crippen LogP contribution in [0.4, 0.5) is 4.39 Å². The Balaban J connectivity index is 2.17. The Labute approximate surface area is 129 Å². The van der Waals surface area contributed by atoms with Gasteiger partial charge in [-0.05, 0) is 47.3 Å². The summed E-state index contributed by atoms with van der Waals surface area (Å²) in [5.74, 6) is -0.177. The maximum Gasteiger partial charge on any atom is 0.137 e. The number of halogens is 2. The molecule has 2 atom stereocenters. The molecule has 2 nitrogen and oxygen atoms in total. The average molecular weight is 343 g/mol. The summed E-state index contributed by atoms with van der Waals surface area (Å²) in [6.45, 7) is 9.52. The predicted molar refractivity (Wildman–Crippen MR) is 85.3 cm³/mol. The van der Waals surface area contributed by atoms with E-state index in [1.54, 1.807) is 6.07 Å². The molecule has 1 N–H and O–H groups in total. The molecule has 1 heterocycles. The average Bonchev–Trinajstić information content (AvgIpc) is 2.44. The van der Waals surface area contributed by atoms with Gasteiger partial charge >= 0.3 is 0 Å². The number of hydrogen-bond acceptors (Lipinski definition) is 2. The summed E-state index contributed by atoms with van der Waals surface area (Å²) in [6, 6.07) is 5.81. The molecule has 112 valence electrons. The topological polar surface area (TPSA) is 15.3 Å². The summed E-state index contributed by atoms with van der Waals surface area (Å²) in [7, 11) is 0. The van der Waals surface area contributed by atoms with Crippen LogP contribution in [0.25, 0.3) is 0 Å². The quantitative estimate of drug-likeness (QED) is 0.891. The van der Waals surface area contributed by atoms with Crippen molar-refractivity contribution < 1.29 is 4.39 Å². The molecule has 0 bridgehead atoms. The highest BCUT2D eigenvalue weighted by molar-refractivity contribution is 9.10. The molecular weight excluding hydrogens is 319 g/mol. The zero-order valence-electron chi connectivity index (χ0n) is 12.5. The van der Waals surface area contributed by atoms with Crippen molar-refractivity contribution in [3.63, 3.8) is 0 Å². The molecule has 0 radical (unpaired) electrons. The molecule has 20 heavy (non-hydrogen) atoms. The fourth-order valence-corrected chi connectivity index (χ4v) is 3.23. The van der Waals surface area contributed by atoms with Crippen LogP contribution in [0.5, 0.6) is 0 Å². The van der Waals surface area contributed by atoms with Gasteiger partial charge in [0, 0.05) is 31.2 Å². The number of rotatable bonds is 4. The van der Waals surface area contributed by atoms with Gasteiger partial charge in [0.25, 0.3) is 0 Å². The van der Waals surface area contributed by atoms with Crippen LogP contribution in [-0.2, 0) is 6.54 Å². The standard InChI is InChI=1S/C16H24BrFN2/c1-4-13-9-19-16(3,5-2)11-20(13)10-12-7-6-8-14(18)15(12)17/h6-8,13,19H,4-5,9-11H2,1-3H3. The number of hydrogen-bond donors (Lipinski definition) is 1. The molecule has 1 aromatic carbocycles. The normalized spacial score (nSPS) is 27.8. The van der Waals surface area contributed by atoms with Gasteiger partial charge in [0.05, 0.1) is 4.47 Å². The lowest BCUT2D eigenvalue weighted by molar-refractivity contribution is 0.0752. The van der Waals surface area contributed by atoms with Crippen molar-refractivity contribution in [3.05, 3.63) is 34.1 Å². The lowest BCUT2D eigenvalue weighted by Crippen LogP contribution is -2.62. The first-order valence-corrected chi connectivity index (χ1v) is 8.20. The summed E-state index contributed by atoms with van der Waals surface area (Å²) in [5.41, 5.74) is 1.19. The smallest absolute Gasteiger partial charge is 0.137 e. The van der Waals surface area contributed by atoms with Crippen LogP contribution in [0.15, 0.2) is 22.7 Å². The second-order valence-corrected chi connectivity index (χ2v) is 6.77. The Morgan fingerprint density at radius 1 is 1.45 bits per heavy atom. The zero-order chi connectivity index (χ0) is 14.8. The monoisotopic (exact) mass is 342 g/mol. The molecule has 1 aliphatic rings. The molecular formula is C16H24BrFN2.